The zero-order valence-electron chi connectivity index (χ0n) is 13.9. The van der Waals surface area contributed by atoms with Crippen molar-refractivity contribution in [2.45, 2.75) is 35.4 Å². The van der Waals surface area contributed by atoms with Gasteiger partial charge in [-0.05, 0) is 61.4 Å². The van der Waals surface area contributed by atoms with Crippen molar-refractivity contribution in [3.05, 3.63) is 53.6 Å². The molecule has 2 N–H and O–H groups in total. The number of anilines is 1. The number of primary sulfonamides is 1. The molecule has 0 fully saturated rings. The Hall–Kier alpha value is -2.11. The van der Waals surface area contributed by atoms with Crippen molar-refractivity contribution in [3.63, 3.8) is 0 Å². The van der Waals surface area contributed by atoms with Crippen LogP contribution >= 0.6 is 0 Å². The lowest BCUT2D eigenvalue weighted by Gasteiger charge is -2.24. The van der Waals surface area contributed by atoms with Crippen molar-refractivity contribution in [2.75, 3.05) is 4.31 Å². The molecular weight excluding hydrogens is 405 g/mol. The van der Waals surface area contributed by atoms with Crippen LogP contribution in [0.5, 0.6) is 0 Å². The minimum atomic E-state index is -4.57. The van der Waals surface area contributed by atoms with Crippen molar-refractivity contribution in [1.82, 2.24) is 0 Å². The first-order chi connectivity index (χ1) is 12.3. The van der Waals surface area contributed by atoms with Gasteiger partial charge in [0.05, 0.1) is 21.0 Å². The summed E-state index contributed by atoms with van der Waals surface area (Å²) in [6, 6.07) is 6.52. The summed E-state index contributed by atoms with van der Waals surface area (Å²) in [5.41, 5.74) is -0.201. The SMILES string of the molecule is CC1Cc2cc(S(N)(=O)=O)ccc2N1S(=O)(=O)c1ccc(C(F)(F)F)cc1. The molecule has 2 aromatic rings. The number of hydrogen-bond donors (Lipinski definition) is 1. The number of benzene rings is 2. The smallest absolute Gasteiger partial charge is 0.263 e. The predicted octanol–water partition coefficient (Wildman–Crippen LogP) is 2.49. The van der Waals surface area contributed by atoms with Gasteiger partial charge in [-0.25, -0.2) is 22.0 Å². The maximum absolute atomic E-state index is 13.0. The van der Waals surface area contributed by atoms with E-state index in [0.717, 1.165) is 16.4 Å². The number of nitrogens with two attached hydrogens (primary N) is 1. The van der Waals surface area contributed by atoms with Crippen LogP contribution < -0.4 is 9.44 Å². The maximum atomic E-state index is 13.0. The molecule has 146 valence electrons. The van der Waals surface area contributed by atoms with E-state index >= 15 is 0 Å². The van der Waals surface area contributed by atoms with Gasteiger partial charge in [-0.3, -0.25) is 4.31 Å². The topological polar surface area (TPSA) is 97.5 Å². The zero-order valence-corrected chi connectivity index (χ0v) is 15.6. The molecular formula is C16H15F3N2O4S2. The zero-order chi connectivity index (χ0) is 20.2. The number of halogens is 3. The van der Waals surface area contributed by atoms with Crippen LogP contribution in [0.4, 0.5) is 18.9 Å². The molecule has 1 atom stereocenters. The summed E-state index contributed by atoms with van der Waals surface area (Å²) in [7, 11) is -8.07. The standard InChI is InChI=1S/C16H15F3N2O4S2/c1-10-8-11-9-14(26(20,22)23)6-7-15(11)21(10)27(24,25)13-4-2-12(3-5-13)16(17,18)19/h2-7,9-10H,8H2,1H3,(H2,20,22,23). The number of sulfonamides is 2. The highest BCUT2D eigenvalue weighted by atomic mass is 32.2. The second-order valence-electron chi connectivity index (χ2n) is 6.21. The largest absolute Gasteiger partial charge is 0.416 e. The van der Waals surface area contributed by atoms with Crippen LogP contribution in [0.3, 0.4) is 0 Å². The highest BCUT2D eigenvalue weighted by Crippen LogP contribution is 2.38. The fourth-order valence-electron chi connectivity index (χ4n) is 3.05. The summed E-state index contributed by atoms with van der Waals surface area (Å²) in [6.45, 7) is 1.62. The van der Waals surface area contributed by atoms with Crippen molar-refractivity contribution in [1.29, 1.82) is 0 Å². The highest BCUT2D eigenvalue weighted by Gasteiger charge is 2.37. The number of nitrogens with zero attached hydrogens (tertiary/aromatic N) is 1. The van der Waals surface area contributed by atoms with Crippen molar-refractivity contribution in [3.8, 4) is 0 Å². The van der Waals surface area contributed by atoms with Gasteiger partial charge >= 0.3 is 6.18 Å². The number of rotatable bonds is 3. The molecule has 2 aromatic carbocycles. The van der Waals surface area contributed by atoms with Gasteiger partial charge in [0.1, 0.15) is 0 Å². The van der Waals surface area contributed by atoms with E-state index in [-0.39, 0.29) is 21.9 Å². The first-order valence-corrected chi connectivity index (χ1v) is 10.7. The molecule has 0 bridgehead atoms. The van der Waals surface area contributed by atoms with E-state index in [1.165, 1.54) is 18.2 Å². The Balaban J connectivity index is 2.04. The van der Waals surface area contributed by atoms with E-state index in [2.05, 4.69) is 0 Å². The van der Waals surface area contributed by atoms with Gasteiger partial charge in [0.15, 0.2) is 0 Å². The molecule has 1 heterocycles. The van der Waals surface area contributed by atoms with Crippen LogP contribution in [0.15, 0.2) is 52.3 Å². The molecule has 0 spiro atoms. The van der Waals surface area contributed by atoms with Gasteiger partial charge < -0.3 is 0 Å². The molecule has 6 nitrogen and oxygen atoms in total. The summed E-state index contributed by atoms with van der Waals surface area (Å²) in [4.78, 5) is -0.423. The third-order valence-corrected chi connectivity index (χ3v) is 7.12. The van der Waals surface area contributed by atoms with E-state index in [4.69, 9.17) is 5.14 Å². The normalized spacial score (nSPS) is 17.8. The number of fused-ring (bicyclic) bond motifs is 1. The van der Waals surface area contributed by atoms with Crippen LogP contribution in [0, 0.1) is 0 Å². The lowest BCUT2D eigenvalue weighted by molar-refractivity contribution is -0.137. The van der Waals surface area contributed by atoms with Crippen LogP contribution in [0.1, 0.15) is 18.1 Å². The Morgan fingerprint density at radius 2 is 1.56 bits per heavy atom. The molecule has 27 heavy (non-hydrogen) atoms. The van der Waals surface area contributed by atoms with E-state index in [0.29, 0.717) is 17.7 Å². The Labute approximate surface area is 154 Å². The van der Waals surface area contributed by atoms with Crippen LogP contribution in [0.25, 0.3) is 0 Å². The van der Waals surface area contributed by atoms with Crippen LogP contribution in [0.2, 0.25) is 0 Å². The second-order valence-corrected chi connectivity index (χ2v) is 9.59. The molecule has 0 saturated heterocycles. The fourth-order valence-corrected chi connectivity index (χ4v) is 5.31. The average molecular weight is 420 g/mol. The molecule has 0 amide bonds. The van der Waals surface area contributed by atoms with Gasteiger partial charge in [0.25, 0.3) is 10.0 Å². The summed E-state index contributed by atoms with van der Waals surface area (Å²) in [6.07, 6.45) is -4.32. The summed E-state index contributed by atoms with van der Waals surface area (Å²) in [5.74, 6) is 0. The fraction of sp³-hybridized carbons (Fsp3) is 0.250. The van der Waals surface area contributed by atoms with Crippen LogP contribution in [-0.2, 0) is 32.6 Å². The molecule has 3 rings (SSSR count). The quantitative estimate of drug-likeness (QED) is 0.825. The first kappa shape index (κ1) is 19.6. The minimum Gasteiger partial charge on any atom is -0.263 e. The summed E-state index contributed by atoms with van der Waals surface area (Å²) in [5, 5.41) is 5.09. The van der Waals surface area contributed by atoms with E-state index in [1.807, 2.05) is 0 Å². The van der Waals surface area contributed by atoms with Crippen molar-refractivity contribution in [2.24, 2.45) is 5.14 Å². The molecule has 0 radical (unpaired) electrons. The van der Waals surface area contributed by atoms with E-state index in [9.17, 15) is 30.0 Å². The number of alkyl halides is 3. The van der Waals surface area contributed by atoms with Crippen molar-refractivity contribution < 1.29 is 30.0 Å². The Morgan fingerprint density at radius 1 is 1.00 bits per heavy atom. The van der Waals surface area contributed by atoms with Gasteiger partial charge in [0, 0.05) is 6.04 Å². The van der Waals surface area contributed by atoms with Gasteiger partial charge in [-0.2, -0.15) is 13.2 Å². The molecule has 11 heteroatoms. The Bertz CT molecular complexity index is 1100. The molecule has 0 aliphatic carbocycles. The maximum Gasteiger partial charge on any atom is 0.416 e. The lowest BCUT2D eigenvalue weighted by Crippen LogP contribution is -2.35. The first-order valence-electron chi connectivity index (χ1n) is 7.69. The summed E-state index contributed by atoms with van der Waals surface area (Å²) >= 11 is 0. The molecule has 1 aliphatic heterocycles. The van der Waals surface area contributed by atoms with Gasteiger partial charge in [-0.15, -0.1) is 0 Å². The van der Waals surface area contributed by atoms with Crippen molar-refractivity contribution >= 4 is 25.7 Å². The van der Waals surface area contributed by atoms with Gasteiger partial charge in [-0.1, -0.05) is 0 Å². The molecule has 1 unspecified atom stereocenters. The lowest BCUT2D eigenvalue weighted by atomic mass is 10.1. The third-order valence-electron chi connectivity index (χ3n) is 4.27. The summed E-state index contributed by atoms with van der Waals surface area (Å²) < 4.78 is 88.0. The van der Waals surface area contributed by atoms with E-state index < -0.39 is 37.8 Å². The predicted molar refractivity (Wildman–Crippen MR) is 92.1 cm³/mol. The average Bonchev–Trinajstić information content (AvgIpc) is 2.88. The Morgan fingerprint density at radius 3 is 2.07 bits per heavy atom. The highest BCUT2D eigenvalue weighted by molar-refractivity contribution is 7.93. The molecule has 0 saturated carbocycles. The third kappa shape index (κ3) is 3.54. The second kappa shape index (κ2) is 6.21. The molecule has 1 aliphatic rings. The Kier molecular flexibility index (Phi) is 4.52. The number of hydrogen-bond acceptors (Lipinski definition) is 4. The van der Waals surface area contributed by atoms with Crippen LogP contribution in [-0.4, -0.2) is 22.9 Å². The van der Waals surface area contributed by atoms with Gasteiger partial charge in [0.2, 0.25) is 10.0 Å². The monoisotopic (exact) mass is 420 g/mol. The minimum absolute atomic E-state index is 0.137. The molecule has 0 aromatic heterocycles. The van der Waals surface area contributed by atoms with E-state index in [1.54, 1.807) is 6.92 Å².